The van der Waals surface area contributed by atoms with Gasteiger partial charge in [-0.05, 0) is 153 Å². The maximum Gasteiger partial charge on any atom is 0.164 e. The first-order valence-corrected chi connectivity index (χ1v) is 37.3. The summed E-state index contributed by atoms with van der Waals surface area (Å²) in [7, 11) is 0. The Balaban J connectivity index is 0.000000139. The Morgan fingerprint density at radius 2 is 0.642 bits per heavy atom. The molecule has 0 saturated carbocycles. The minimum absolute atomic E-state index is 0.0329. The molecule has 5 aliphatic rings. The average molecular weight is 1400 g/mol. The van der Waals surface area contributed by atoms with Crippen molar-refractivity contribution in [3.63, 3.8) is 0 Å². The molecule has 10 nitrogen and oxygen atoms in total. The van der Waals surface area contributed by atoms with Crippen molar-refractivity contribution in [2.75, 3.05) is 9.80 Å². The summed E-state index contributed by atoms with van der Waals surface area (Å²) in [5.74, 6) is 5.79. The molecule has 0 spiro atoms. The van der Waals surface area contributed by atoms with E-state index >= 15 is 0 Å². The number of nitrogens with zero attached hydrogens (tertiary/aromatic N) is 8. The standard InChI is InChI=1S/C51H34N4O.C48H34N4O/c1-5-15-33(16-6-1)38-29-39(34-17-7-2-8-18-34)31-40(30-38)55-43-24-14-13-23-41(43)47-44(55)26-28-46-48(47)42-32-37(25-27-45(42)56-46)51-53-49(35-19-9-3-10-20-35)52-50(54-51)36-21-11-4-12-22-36;1-48(2)37-19-11-9-17-33(37)34-23-21-31(28-38(34)48)47-50-45(29-13-5-3-6-14-29)49-46(51-47)30-22-25-41-36(27-30)44-42(53-41)26-24-40-43(44)35-18-10-12-20-39(35)52(40)32-15-7-4-8-16-32/h1-32,44,47H;3-28,40,43H,1-2H3. The highest BCUT2D eigenvalue weighted by Crippen LogP contribution is 2.57. The summed E-state index contributed by atoms with van der Waals surface area (Å²) in [5, 5.41) is 2.15. The van der Waals surface area contributed by atoms with Crippen LogP contribution in [0, 0.1) is 0 Å². The number of anilines is 4. The van der Waals surface area contributed by atoms with Gasteiger partial charge in [0.1, 0.15) is 22.7 Å². The Morgan fingerprint density at radius 3 is 1.10 bits per heavy atom. The Morgan fingerprint density at radius 1 is 0.284 bits per heavy atom. The van der Waals surface area contributed by atoms with Gasteiger partial charge in [-0.1, -0.05) is 269 Å². The van der Waals surface area contributed by atoms with Crippen molar-refractivity contribution in [1.82, 2.24) is 29.9 Å². The number of fused-ring (bicyclic) bond motifs is 17. The normalized spacial score (nSPS) is 16.3. The summed E-state index contributed by atoms with van der Waals surface area (Å²) >= 11 is 0. The van der Waals surface area contributed by atoms with Crippen LogP contribution in [0.15, 0.2) is 349 Å². The Bertz CT molecular complexity index is 6380. The molecule has 13 aromatic carbocycles. The van der Waals surface area contributed by atoms with Gasteiger partial charge < -0.3 is 18.6 Å². The average Bonchev–Trinajstić information content (AvgIpc) is 1.54. The van der Waals surface area contributed by atoms with Crippen molar-refractivity contribution in [1.29, 1.82) is 0 Å². The smallest absolute Gasteiger partial charge is 0.164 e. The van der Waals surface area contributed by atoms with Gasteiger partial charge >= 0.3 is 0 Å². The van der Waals surface area contributed by atoms with Crippen molar-refractivity contribution >= 4 is 56.8 Å². The molecule has 0 amide bonds. The van der Waals surface area contributed by atoms with Gasteiger partial charge in [-0.25, -0.2) is 29.9 Å². The van der Waals surface area contributed by atoms with E-state index in [0.717, 1.165) is 72.5 Å². The molecule has 0 N–H and O–H groups in total. The van der Waals surface area contributed by atoms with Crippen LogP contribution in [0.3, 0.4) is 0 Å². The van der Waals surface area contributed by atoms with Crippen molar-refractivity contribution < 1.29 is 8.83 Å². The third-order valence-corrected chi connectivity index (χ3v) is 22.5. The molecule has 17 aromatic rings. The quantitative estimate of drug-likeness (QED) is 0.131. The highest BCUT2D eigenvalue weighted by atomic mass is 16.3. The molecule has 6 heterocycles. The van der Waals surface area contributed by atoms with Crippen LogP contribution in [-0.2, 0) is 5.41 Å². The van der Waals surface area contributed by atoms with E-state index in [9.17, 15) is 0 Å². The van der Waals surface area contributed by atoms with Crippen LogP contribution in [0.25, 0.3) is 136 Å². The number of furan rings is 2. The van der Waals surface area contributed by atoms with E-state index < -0.39 is 0 Å². The highest BCUT2D eigenvalue weighted by molar-refractivity contribution is 5.96. The van der Waals surface area contributed by atoms with Gasteiger partial charge in [0, 0.05) is 95.3 Å². The van der Waals surface area contributed by atoms with Gasteiger partial charge in [0.05, 0.1) is 12.1 Å². The molecule has 22 rings (SSSR count). The Kier molecular flexibility index (Phi) is 15.0. The number of hydrogen-bond acceptors (Lipinski definition) is 10. The van der Waals surface area contributed by atoms with E-state index in [2.05, 4.69) is 297 Å². The first-order chi connectivity index (χ1) is 53.8. The van der Waals surface area contributed by atoms with Gasteiger partial charge in [-0.2, -0.15) is 0 Å². The number of rotatable bonds is 10. The molecule has 0 bridgehead atoms. The minimum atomic E-state index is -0.132. The third kappa shape index (κ3) is 10.8. The second kappa shape index (κ2) is 25.7. The Labute approximate surface area is 631 Å². The molecule has 109 heavy (non-hydrogen) atoms. The van der Waals surface area contributed by atoms with Crippen molar-refractivity contribution in [3.8, 4) is 102 Å². The summed E-state index contributed by atoms with van der Waals surface area (Å²) in [6, 6.07) is 115. The fraction of sp³-hybridized carbons (Fsp3) is 0.0707. The molecule has 516 valence electrons. The van der Waals surface area contributed by atoms with Crippen LogP contribution in [0.2, 0.25) is 0 Å². The maximum atomic E-state index is 6.63. The van der Waals surface area contributed by atoms with E-state index in [4.69, 9.17) is 38.7 Å². The van der Waals surface area contributed by atoms with Crippen molar-refractivity contribution in [2.45, 2.75) is 43.2 Å². The summed E-state index contributed by atoms with van der Waals surface area (Å²) in [4.78, 5) is 35.4. The number of aromatic nitrogens is 6. The summed E-state index contributed by atoms with van der Waals surface area (Å²) in [6.45, 7) is 4.61. The first kappa shape index (κ1) is 63.5. The zero-order valence-electron chi connectivity index (χ0n) is 59.7. The number of para-hydroxylation sites is 3. The van der Waals surface area contributed by atoms with E-state index in [1.54, 1.807) is 0 Å². The molecule has 3 aliphatic carbocycles. The molecular formula is C99H68N8O2. The lowest BCUT2D eigenvalue weighted by atomic mass is 9.82. The topological polar surface area (TPSA) is 110 Å². The van der Waals surface area contributed by atoms with E-state index in [-0.39, 0.29) is 29.3 Å². The summed E-state index contributed by atoms with van der Waals surface area (Å²) in [5.41, 5.74) is 26.9. The zero-order chi connectivity index (χ0) is 72.3. The molecule has 10 heteroatoms. The SMILES string of the molecule is C1=CC2C(c3ccccc3N2c2cc(-c3ccccc3)cc(-c3ccccc3)c2)c2c1oc1ccc(-c3nc(-c4ccccc4)nc(-c4ccccc4)n3)cc21.CC1(C)c2ccccc2-c2ccc(-c3nc(-c4ccccc4)nc(-c4ccc5oc6c(c5c4)C4c5ccccc5N(c5ccccc5)C4C=C6)n3)cc21. The van der Waals surface area contributed by atoms with Gasteiger partial charge in [-0.3, -0.25) is 0 Å². The van der Waals surface area contributed by atoms with Crippen molar-refractivity contribution in [2.24, 2.45) is 0 Å². The number of hydrogen-bond donors (Lipinski definition) is 0. The lowest BCUT2D eigenvalue weighted by molar-refractivity contribution is 0.584. The lowest BCUT2D eigenvalue weighted by Gasteiger charge is -2.31. The van der Waals surface area contributed by atoms with Gasteiger partial charge in [-0.15, -0.1) is 0 Å². The second-order valence-electron chi connectivity index (χ2n) is 29.2. The minimum Gasteiger partial charge on any atom is -0.456 e. The van der Waals surface area contributed by atoms with E-state index in [1.165, 1.54) is 83.8 Å². The van der Waals surface area contributed by atoms with Gasteiger partial charge in [0.15, 0.2) is 34.9 Å². The van der Waals surface area contributed by atoms with Crippen LogP contribution in [-0.4, -0.2) is 42.0 Å². The van der Waals surface area contributed by atoms with E-state index in [0.29, 0.717) is 34.9 Å². The summed E-state index contributed by atoms with van der Waals surface area (Å²) in [6.07, 6.45) is 8.93. The maximum absolute atomic E-state index is 6.63. The highest BCUT2D eigenvalue weighted by Gasteiger charge is 2.46. The zero-order valence-corrected chi connectivity index (χ0v) is 59.7. The fourth-order valence-corrected chi connectivity index (χ4v) is 17.5. The summed E-state index contributed by atoms with van der Waals surface area (Å²) < 4.78 is 13.2. The van der Waals surface area contributed by atoms with E-state index in [1.807, 2.05) is 78.9 Å². The second-order valence-corrected chi connectivity index (χ2v) is 29.2. The van der Waals surface area contributed by atoms with Crippen LogP contribution < -0.4 is 9.80 Å². The third-order valence-electron chi connectivity index (χ3n) is 22.5. The molecule has 4 unspecified atom stereocenters. The molecular weight excluding hydrogens is 1330 g/mol. The Hall–Kier alpha value is -14.0. The van der Waals surface area contributed by atoms with Crippen LogP contribution in [0.5, 0.6) is 0 Å². The molecule has 4 atom stereocenters. The molecule has 2 aliphatic heterocycles. The largest absolute Gasteiger partial charge is 0.456 e. The molecule has 0 fully saturated rings. The fourth-order valence-electron chi connectivity index (χ4n) is 17.5. The first-order valence-electron chi connectivity index (χ1n) is 37.3. The number of benzene rings is 13. The lowest BCUT2D eigenvalue weighted by Crippen LogP contribution is -2.30. The van der Waals surface area contributed by atoms with Gasteiger partial charge in [0.2, 0.25) is 0 Å². The van der Waals surface area contributed by atoms with Crippen molar-refractivity contribution in [3.05, 3.63) is 385 Å². The molecule has 4 aromatic heterocycles. The molecule has 0 radical (unpaired) electrons. The predicted octanol–water partition coefficient (Wildman–Crippen LogP) is 24.2. The van der Waals surface area contributed by atoms with Crippen LogP contribution >= 0.6 is 0 Å². The predicted molar refractivity (Wildman–Crippen MR) is 440 cm³/mol. The van der Waals surface area contributed by atoms with Gasteiger partial charge in [0.25, 0.3) is 0 Å². The van der Waals surface area contributed by atoms with Crippen LogP contribution in [0.1, 0.15) is 70.6 Å². The molecule has 0 saturated heterocycles. The van der Waals surface area contributed by atoms with Crippen LogP contribution in [0.4, 0.5) is 22.7 Å². The monoisotopic (exact) mass is 1400 g/mol.